The lowest BCUT2D eigenvalue weighted by Crippen LogP contribution is -2.63. The number of ether oxygens (including phenoxy) is 4. The average Bonchev–Trinajstić information content (AvgIpc) is 3.12. The number of esters is 2. The van der Waals surface area contributed by atoms with Crippen LogP contribution in [0.2, 0.25) is 0 Å². The minimum absolute atomic E-state index is 0.105. The summed E-state index contributed by atoms with van der Waals surface area (Å²) in [7, 11) is 0. The van der Waals surface area contributed by atoms with Crippen molar-refractivity contribution >= 4 is 11.9 Å². The molecule has 5 atom stereocenters. The fourth-order valence-corrected chi connectivity index (χ4v) is 5.39. The van der Waals surface area contributed by atoms with Crippen LogP contribution in [0.3, 0.4) is 0 Å². The highest BCUT2D eigenvalue weighted by molar-refractivity contribution is 5.79. The summed E-state index contributed by atoms with van der Waals surface area (Å²) in [6.45, 7) is 8.81. The van der Waals surface area contributed by atoms with Crippen LogP contribution >= 0.6 is 0 Å². The van der Waals surface area contributed by atoms with Crippen LogP contribution in [0, 0.1) is 28.6 Å². The van der Waals surface area contributed by atoms with Gasteiger partial charge in [-0.2, -0.15) is 0 Å². The first-order valence-electron chi connectivity index (χ1n) is 8.86. The number of hydrogen-bond acceptors (Lipinski definition) is 6. The van der Waals surface area contributed by atoms with Crippen LogP contribution in [0.1, 0.15) is 40.5 Å². The van der Waals surface area contributed by atoms with Crippen LogP contribution in [0.25, 0.3) is 0 Å². The highest BCUT2D eigenvalue weighted by Crippen LogP contribution is 2.72. The minimum Gasteiger partial charge on any atom is -0.461 e. The van der Waals surface area contributed by atoms with Crippen LogP contribution in [-0.4, -0.2) is 43.7 Å². The molecule has 0 bridgehead atoms. The Bertz CT molecular complexity index is 573. The Balaban J connectivity index is 1.55. The summed E-state index contributed by atoms with van der Waals surface area (Å²) in [4.78, 5) is 24.5. The van der Waals surface area contributed by atoms with Crippen LogP contribution in [0.4, 0.5) is 0 Å². The normalized spacial score (nSPS) is 42.4. The van der Waals surface area contributed by atoms with Gasteiger partial charge in [0.25, 0.3) is 0 Å². The maximum Gasteiger partial charge on any atom is 0.311 e. The topological polar surface area (TPSA) is 71.1 Å². The lowest BCUT2D eigenvalue weighted by atomic mass is 9.47. The van der Waals surface area contributed by atoms with Gasteiger partial charge in [-0.05, 0) is 33.1 Å². The monoisotopic (exact) mass is 338 g/mol. The zero-order valence-electron chi connectivity index (χ0n) is 14.8. The zero-order valence-corrected chi connectivity index (χ0v) is 14.8. The van der Waals surface area contributed by atoms with E-state index in [4.69, 9.17) is 18.9 Å². The summed E-state index contributed by atoms with van der Waals surface area (Å²) in [5.41, 5.74) is -0.960. The highest BCUT2D eigenvalue weighted by Gasteiger charge is 2.79. The van der Waals surface area contributed by atoms with E-state index in [0.717, 1.165) is 12.8 Å². The Labute approximate surface area is 142 Å². The molecule has 24 heavy (non-hydrogen) atoms. The lowest BCUT2D eigenvalue weighted by molar-refractivity contribution is -0.261. The smallest absolute Gasteiger partial charge is 0.311 e. The Morgan fingerprint density at radius 3 is 2.58 bits per heavy atom. The summed E-state index contributed by atoms with van der Waals surface area (Å²) in [6.07, 6.45) is 1.33. The van der Waals surface area contributed by atoms with E-state index in [-0.39, 0.29) is 41.7 Å². The van der Waals surface area contributed by atoms with Gasteiger partial charge >= 0.3 is 11.9 Å². The molecule has 2 saturated heterocycles. The number of fused-ring (bicyclic) bond motifs is 5. The van der Waals surface area contributed by atoms with Gasteiger partial charge in [-0.25, -0.2) is 0 Å². The minimum atomic E-state index is -0.573. The van der Waals surface area contributed by atoms with Crippen molar-refractivity contribution in [3.8, 4) is 0 Å². The third-order valence-electron chi connectivity index (χ3n) is 6.46. The number of rotatable bonds is 2. The second-order valence-corrected chi connectivity index (χ2v) is 8.81. The summed E-state index contributed by atoms with van der Waals surface area (Å²) >= 11 is 0. The molecule has 1 spiro atoms. The van der Waals surface area contributed by atoms with E-state index >= 15 is 0 Å². The van der Waals surface area contributed by atoms with Crippen molar-refractivity contribution in [1.82, 2.24) is 0 Å². The fraction of sp³-hybridized carbons (Fsp3) is 0.889. The molecule has 4 fully saturated rings. The van der Waals surface area contributed by atoms with Crippen molar-refractivity contribution in [2.75, 3.05) is 19.8 Å². The van der Waals surface area contributed by atoms with Crippen molar-refractivity contribution in [3.63, 3.8) is 0 Å². The predicted molar refractivity (Wildman–Crippen MR) is 82.7 cm³/mol. The van der Waals surface area contributed by atoms with Gasteiger partial charge in [0.05, 0.1) is 24.5 Å². The van der Waals surface area contributed by atoms with Gasteiger partial charge in [-0.1, -0.05) is 6.92 Å². The molecule has 0 unspecified atom stereocenters. The lowest BCUT2D eigenvalue weighted by Gasteiger charge is -2.56. The van der Waals surface area contributed by atoms with Crippen LogP contribution in [0.5, 0.6) is 0 Å². The molecule has 0 aromatic heterocycles. The van der Waals surface area contributed by atoms with Gasteiger partial charge < -0.3 is 18.9 Å². The third-order valence-corrected chi connectivity index (χ3v) is 6.46. The molecule has 4 aliphatic rings. The van der Waals surface area contributed by atoms with Crippen LogP contribution in [0.15, 0.2) is 0 Å². The summed E-state index contributed by atoms with van der Waals surface area (Å²) in [5, 5.41) is 0. The van der Waals surface area contributed by atoms with Crippen molar-refractivity contribution in [2.24, 2.45) is 28.6 Å². The number of carbonyl (C=O) groups is 2. The Morgan fingerprint density at radius 1 is 1.29 bits per heavy atom. The predicted octanol–water partition coefficient (Wildman–Crippen LogP) is 1.91. The van der Waals surface area contributed by atoms with Gasteiger partial charge in [0.2, 0.25) is 0 Å². The zero-order chi connectivity index (χ0) is 17.3. The number of carbonyl (C=O) groups excluding carboxylic acids is 2. The van der Waals surface area contributed by atoms with E-state index in [9.17, 15) is 9.59 Å². The molecule has 0 N–H and O–H groups in total. The Kier molecular flexibility index (Phi) is 3.37. The molecule has 0 aromatic rings. The average molecular weight is 338 g/mol. The van der Waals surface area contributed by atoms with Crippen LogP contribution < -0.4 is 0 Å². The van der Waals surface area contributed by atoms with Crippen molar-refractivity contribution < 1.29 is 28.5 Å². The van der Waals surface area contributed by atoms with Gasteiger partial charge in [-0.15, -0.1) is 0 Å². The molecule has 0 radical (unpaired) electrons. The first-order valence-corrected chi connectivity index (χ1v) is 8.86. The largest absolute Gasteiger partial charge is 0.461 e. The number of hydrogen-bond donors (Lipinski definition) is 0. The fourth-order valence-electron chi connectivity index (χ4n) is 5.39. The second-order valence-electron chi connectivity index (χ2n) is 8.81. The van der Waals surface area contributed by atoms with Crippen LogP contribution in [-0.2, 0) is 28.5 Å². The molecule has 134 valence electrons. The van der Waals surface area contributed by atoms with Crippen molar-refractivity contribution in [3.05, 3.63) is 0 Å². The molecule has 2 heterocycles. The molecule has 6 heteroatoms. The molecule has 4 rings (SSSR count). The second kappa shape index (κ2) is 4.94. The van der Waals surface area contributed by atoms with Gasteiger partial charge in [0.1, 0.15) is 12.7 Å². The van der Waals surface area contributed by atoms with E-state index in [1.165, 1.54) is 0 Å². The van der Waals surface area contributed by atoms with E-state index in [1.54, 1.807) is 0 Å². The molecule has 2 aliphatic heterocycles. The van der Waals surface area contributed by atoms with Crippen molar-refractivity contribution in [2.45, 2.75) is 52.4 Å². The molecule has 6 nitrogen and oxygen atoms in total. The highest BCUT2D eigenvalue weighted by atomic mass is 16.7. The quantitative estimate of drug-likeness (QED) is 0.716. The SMILES string of the molecule is CC(C)(C)C(=O)OC[C@H]1OC(=O)[C@@H]2[C@H]3CCC4(OCCO4)[C@H]3[C@@]21C. The number of cyclic esters (lactones) is 1. The van der Waals surface area contributed by atoms with E-state index in [1.807, 2.05) is 20.8 Å². The first kappa shape index (κ1) is 16.3. The molecule has 0 amide bonds. The molecule has 0 aromatic carbocycles. The maximum atomic E-state index is 12.4. The molecular formula is C18H26O6. The summed E-state index contributed by atoms with van der Waals surface area (Å²) < 4.78 is 23.0. The standard InChI is InChI=1S/C18H26O6/c1-16(2,3)15(20)21-9-11-17(4)12(14(19)24-11)10-5-6-18(13(10)17)22-7-8-23-18/h10-13H,5-9H2,1-4H3/t10-,11-,12+,13-,17-/m1/s1. The first-order chi connectivity index (χ1) is 11.2. The van der Waals surface area contributed by atoms with Gasteiger partial charge in [-0.3, -0.25) is 9.59 Å². The third kappa shape index (κ3) is 1.96. The van der Waals surface area contributed by atoms with Gasteiger partial charge in [0.15, 0.2) is 5.79 Å². The summed E-state index contributed by atoms with van der Waals surface area (Å²) in [6, 6.07) is 0. The van der Waals surface area contributed by atoms with E-state index in [0.29, 0.717) is 13.2 Å². The molecule has 2 saturated carbocycles. The van der Waals surface area contributed by atoms with E-state index in [2.05, 4.69) is 6.92 Å². The molecule has 2 aliphatic carbocycles. The van der Waals surface area contributed by atoms with E-state index < -0.39 is 17.3 Å². The Morgan fingerprint density at radius 2 is 1.96 bits per heavy atom. The molecular weight excluding hydrogens is 312 g/mol. The Hall–Kier alpha value is -1.14. The van der Waals surface area contributed by atoms with Gasteiger partial charge in [0, 0.05) is 17.8 Å². The summed E-state index contributed by atoms with van der Waals surface area (Å²) in [5.74, 6) is -0.767. The maximum absolute atomic E-state index is 12.4. The van der Waals surface area contributed by atoms with Crippen molar-refractivity contribution in [1.29, 1.82) is 0 Å².